The van der Waals surface area contributed by atoms with Gasteiger partial charge in [-0.25, -0.2) is 0 Å². The second-order valence-electron chi connectivity index (χ2n) is 8.11. The van der Waals surface area contributed by atoms with Crippen LogP contribution in [-0.2, 0) is 26.1 Å². The normalized spacial score (nSPS) is 14.1. The van der Waals surface area contributed by atoms with E-state index >= 15 is 0 Å². The Kier molecular flexibility index (Phi) is 7.43. The number of hydrogen-bond acceptors (Lipinski definition) is 6. The van der Waals surface area contributed by atoms with Gasteiger partial charge in [-0.05, 0) is 50.5 Å². The van der Waals surface area contributed by atoms with Crippen LogP contribution >= 0.6 is 0 Å². The van der Waals surface area contributed by atoms with Crippen molar-refractivity contribution in [1.29, 1.82) is 0 Å². The monoisotopic (exact) mass is 419 g/mol. The van der Waals surface area contributed by atoms with E-state index in [0.29, 0.717) is 6.42 Å². The maximum atomic E-state index is 12.3. The van der Waals surface area contributed by atoms with Crippen molar-refractivity contribution in [2.75, 3.05) is 6.26 Å². The Labute approximate surface area is 173 Å². The van der Waals surface area contributed by atoms with Crippen molar-refractivity contribution < 1.29 is 22.1 Å². The van der Waals surface area contributed by atoms with Crippen LogP contribution in [0.2, 0.25) is 0 Å². The van der Waals surface area contributed by atoms with Crippen molar-refractivity contribution in [3.8, 4) is 5.75 Å². The first-order valence-corrected chi connectivity index (χ1v) is 11.3. The summed E-state index contributed by atoms with van der Waals surface area (Å²) in [5.74, 6) is -0.271. The molecule has 0 saturated carbocycles. The minimum atomic E-state index is -3.59. The molecule has 2 atom stereocenters. The van der Waals surface area contributed by atoms with Crippen LogP contribution < -0.4 is 9.92 Å². The lowest BCUT2D eigenvalue weighted by molar-refractivity contribution is -0.155. The third-order valence-electron chi connectivity index (χ3n) is 4.19. The molecule has 0 radical (unpaired) electrons. The lowest BCUT2D eigenvalue weighted by atomic mass is 9.85. The molecule has 0 aliphatic carbocycles. The maximum absolute atomic E-state index is 12.3. The number of hydrogen-bond donors (Lipinski definition) is 1. The van der Waals surface area contributed by atoms with Crippen molar-refractivity contribution in [2.24, 2.45) is 5.73 Å². The van der Waals surface area contributed by atoms with Gasteiger partial charge in [-0.3, -0.25) is 4.79 Å². The molecule has 0 aromatic heterocycles. The summed E-state index contributed by atoms with van der Waals surface area (Å²) >= 11 is 0. The fourth-order valence-electron chi connectivity index (χ4n) is 3.05. The van der Waals surface area contributed by atoms with E-state index < -0.39 is 21.8 Å². The molecule has 0 bridgehead atoms. The smallest absolute Gasteiger partial charge is 0.307 e. The number of carbonyl (C=O) groups excluding carboxylic acids is 1. The number of rotatable bonds is 8. The van der Waals surface area contributed by atoms with Gasteiger partial charge in [-0.15, -0.1) is 0 Å². The fraction of sp³-hybridized carbons (Fsp3) is 0.409. The second-order valence-corrected chi connectivity index (χ2v) is 9.68. The molecule has 6 nitrogen and oxygen atoms in total. The molecule has 158 valence electrons. The standard InChI is InChI=1S/C22H29NO5S/c1-22(2,3)27-21(24)15-20(23)19(14-16-8-6-5-7-9-16)17-10-12-18(13-11-17)28-29(4,25)26/h5-13,19-20H,14-15,23H2,1-4H3. The van der Waals surface area contributed by atoms with Gasteiger partial charge in [0, 0.05) is 12.0 Å². The van der Waals surface area contributed by atoms with Crippen LogP contribution in [0.25, 0.3) is 0 Å². The Bertz CT molecular complexity index is 902. The summed E-state index contributed by atoms with van der Waals surface area (Å²) in [6.45, 7) is 5.45. The number of benzene rings is 2. The third kappa shape index (κ3) is 8.25. The SMILES string of the molecule is CC(C)(C)OC(=O)CC(N)C(Cc1ccccc1)c1ccc(OS(C)(=O)=O)cc1. The van der Waals surface area contributed by atoms with E-state index in [1.807, 2.05) is 51.1 Å². The Morgan fingerprint density at radius 2 is 1.62 bits per heavy atom. The molecule has 0 aliphatic heterocycles. The number of ether oxygens (including phenoxy) is 1. The van der Waals surface area contributed by atoms with Gasteiger partial charge in [0.15, 0.2) is 0 Å². The summed E-state index contributed by atoms with van der Waals surface area (Å²) < 4.78 is 32.9. The lowest BCUT2D eigenvalue weighted by Gasteiger charge is -2.26. The topological polar surface area (TPSA) is 95.7 Å². The van der Waals surface area contributed by atoms with Gasteiger partial charge >= 0.3 is 16.1 Å². The molecule has 2 aromatic rings. The second kappa shape index (κ2) is 9.41. The van der Waals surface area contributed by atoms with Crippen LogP contribution in [-0.4, -0.2) is 32.3 Å². The van der Waals surface area contributed by atoms with Crippen molar-refractivity contribution in [3.63, 3.8) is 0 Å². The zero-order chi connectivity index (χ0) is 21.7. The van der Waals surface area contributed by atoms with Gasteiger partial charge in [0.25, 0.3) is 0 Å². The van der Waals surface area contributed by atoms with E-state index in [9.17, 15) is 13.2 Å². The van der Waals surface area contributed by atoms with Crippen molar-refractivity contribution >= 4 is 16.1 Å². The van der Waals surface area contributed by atoms with Crippen LogP contribution in [0, 0.1) is 0 Å². The molecule has 0 amide bonds. The molecular weight excluding hydrogens is 390 g/mol. The van der Waals surface area contributed by atoms with E-state index in [0.717, 1.165) is 17.4 Å². The molecule has 2 unspecified atom stereocenters. The highest BCUT2D eigenvalue weighted by Gasteiger charge is 2.26. The Morgan fingerprint density at radius 1 is 1.03 bits per heavy atom. The first-order chi connectivity index (χ1) is 13.4. The lowest BCUT2D eigenvalue weighted by Crippen LogP contribution is -2.35. The zero-order valence-electron chi connectivity index (χ0n) is 17.3. The quantitative estimate of drug-likeness (QED) is 0.520. The average Bonchev–Trinajstić information content (AvgIpc) is 2.58. The van der Waals surface area contributed by atoms with E-state index in [1.165, 1.54) is 0 Å². The van der Waals surface area contributed by atoms with Crippen molar-refractivity contribution in [2.45, 2.75) is 51.2 Å². The molecule has 29 heavy (non-hydrogen) atoms. The fourth-order valence-corrected chi connectivity index (χ4v) is 3.51. The zero-order valence-corrected chi connectivity index (χ0v) is 18.1. The highest BCUT2D eigenvalue weighted by atomic mass is 32.2. The molecule has 2 rings (SSSR count). The summed E-state index contributed by atoms with van der Waals surface area (Å²) in [6.07, 6.45) is 1.71. The predicted molar refractivity (Wildman–Crippen MR) is 113 cm³/mol. The van der Waals surface area contributed by atoms with E-state index in [-0.39, 0.29) is 24.1 Å². The summed E-state index contributed by atoms with van der Waals surface area (Å²) in [5, 5.41) is 0. The van der Waals surface area contributed by atoms with Gasteiger partial charge in [-0.1, -0.05) is 42.5 Å². The Balaban J connectivity index is 2.23. The predicted octanol–water partition coefficient (Wildman–Crippen LogP) is 3.41. The van der Waals surface area contributed by atoms with Crippen molar-refractivity contribution in [1.82, 2.24) is 0 Å². The summed E-state index contributed by atoms with van der Waals surface area (Å²) in [5.41, 5.74) is 7.84. The van der Waals surface area contributed by atoms with Crippen LogP contribution in [0.3, 0.4) is 0 Å². The molecule has 0 spiro atoms. The van der Waals surface area contributed by atoms with Gasteiger partial charge in [0.2, 0.25) is 0 Å². The molecule has 0 saturated heterocycles. The largest absolute Gasteiger partial charge is 0.460 e. The van der Waals surface area contributed by atoms with Crippen LogP contribution in [0.1, 0.15) is 44.2 Å². The highest BCUT2D eigenvalue weighted by Crippen LogP contribution is 2.28. The van der Waals surface area contributed by atoms with Crippen LogP contribution in [0.15, 0.2) is 54.6 Å². The summed E-state index contributed by atoms with van der Waals surface area (Å²) in [7, 11) is -3.59. The first-order valence-electron chi connectivity index (χ1n) is 9.44. The molecule has 7 heteroatoms. The summed E-state index contributed by atoms with van der Waals surface area (Å²) in [4.78, 5) is 12.3. The van der Waals surface area contributed by atoms with E-state index in [4.69, 9.17) is 14.7 Å². The van der Waals surface area contributed by atoms with Gasteiger partial charge < -0.3 is 14.7 Å². The highest BCUT2D eigenvalue weighted by molar-refractivity contribution is 7.86. The Morgan fingerprint density at radius 3 is 2.14 bits per heavy atom. The van der Waals surface area contributed by atoms with Gasteiger partial charge in [-0.2, -0.15) is 8.42 Å². The van der Waals surface area contributed by atoms with Gasteiger partial charge in [0.05, 0.1) is 12.7 Å². The molecular formula is C22H29NO5S. The number of carbonyl (C=O) groups is 1. The minimum Gasteiger partial charge on any atom is -0.460 e. The van der Waals surface area contributed by atoms with Gasteiger partial charge in [0.1, 0.15) is 11.4 Å². The minimum absolute atomic E-state index is 0.0797. The first kappa shape index (κ1) is 22.9. The number of nitrogens with two attached hydrogens (primary N) is 1. The van der Waals surface area contributed by atoms with Crippen molar-refractivity contribution in [3.05, 3.63) is 65.7 Å². The third-order valence-corrected chi connectivity index (χ3v) is 4.69. The van der Waals surface area contributed by atoms with Crippen LogP contribution in [0.5, 0.6) is 5.75 Å². The Hall–Kier alpha value is -2.38. The van der Waals surface area contributed by atoms with E-state index in [2.05, 4.69) is 0 Å². The molecule has 0 fully saturated rings. The molecule has 2 aromatic carbocycles. The summed E-state index contributed by atoms with van der Waals surface area (Å²) in [6, 6.07) is 16.1. The number of esters is 1. The molecule has 0 aliphatic rings. The van der Waals surface area contributed by atoms with Crippen LogP contribution in [0.4, 0.5) is 0 Å². The van der Waals surface area contributed by atoms with E-state index in [1.54, 1.807) is 24.3 Å². The molecule has 2 N–H and O–H groups in total. The average molecular weight is 420 g/mol. The molecule has 0 heterocycles. The maximum Gasteiger partial charge on any atom is 0.307 e.